The van der Waals surface area contributed by atoms with Crippen LogP contribution in [0.4, 0.5) is 0 Å². The SMILES string of the molecule is O=C(O)c1ccc(Oc2cc(Cl)ccc2Cl)c(Br)c1. The van der Waals surface area contributed by atoms with Crippen molar-refractivity contribution in [2.75, 3.05) is 0 Å². The summed E-state index contributed by atoms with van der Waals surface area (Å²) in [6.45, 7) is 0. The first kappa shape index (κ1) is 14.2. The second-order valence-corrected chi connectivity index (χ2v) is 5.33. The van der Waals surface area contributed by atoms with Crippen molar-refractivity contribution >= 4 is 45.1 Å². The first-order chi connectivity index (χ1) is 8.97. The Morgan fingerprint density at radius 1 is 1.11 bits per heavy atom. The number of carboxylic acids is 1. The zero-order valence-corrected chi connectivity index (χ0v) is 12.5. The fourth-order valence-corrected chi connectivity index (χ4v) is 2.17. The average Bonchev–Trinajstić information content (AvgIpc) is 2.36. The second-order valence-electron chi connectivity index (χ2n) is 3.63. The molecule has 0 bridgehead atoms. The van der Waals surface area contributed by atoms with Gasteiger partial charge in [0.25, 0.3) is 0 Å². The van der Waals surface area contributed by atoms with Crippen LogP contribution in [0.5, 0.6) is 11.5 Å². The highest BCUT2D eigenvalue weighted by atomic mass is 79.9. The van der Waals surface area contributed by atoms with Gasteiger partial charge in [-0.15, -0.1) is 0 Å². The van der Waals surface area contributed by atoms with Crippen molar-refractivity contribution < 1.29 is 14.6 Å². The monoisotopic (exact) mass is 360 g/mol. The number of hydrogen-bond acceptors (Lipinski definition) is 2. The molecule has 0 aliphatic carbocycles. The van der Waals surface area contributed by atoms with Crippen LogP contribution in [-0.4, -0.2) is 11.1 Å². The van der Waals surface area contributed by atoms with E-state index < -0.39 is 5.97 Å². The number of carboxylic acid groups (broad SMARTS) is 1. The maximum Gasteiger partial charge on any atom is 0.335 e. The van der Waals surface area contributed by atoms with Gasteiger partial charge < -0.3 is 9.84 Å². The molecule has 0 radical (unpaired) electrons. The van der Waals surface area contributed by atoms with Gasteiger partial charge in [-0.25, -0.2) is 4.79 Å². The van der Waals surface area contributed by atoms with E-state index in [1.165, 1.54) is 12.1 Å². The molecule has 2 aromatic carbocycles. The predicted molar refractivity (Wildman–Crippen MR) is 77.6 cm³/mol. The normalized spacial score (nSPS) is 10.3. The predicted octanol–water partition coefficient (Wildman–Crippen LogP) is 5.25. The maximum atomic E-state index is 10.8. The first-order valence-corrected chi connectivity index (χ1v) is 6.68. The third-order valence-corrected chi connectivity index (χ3v) is 3.46. The minimum Gasteiger partial charge on any atom is -0.478 e. The van der Waals surface area contributed by atoms with Crippen LogP contribution in [-0.2, 0) is 0 Å². The standard InChI is InChI=1S/C13H7BrCl2O3/c14-9-5-7(13(17)18)1-4-11(9)19-12-6-8(15)2-3-10(12)16/h1-6H,(H,17,18). The molecule has 0 saturated carbocycles. The van der Waals surface area contributed by atoms with Crippen molar-refractivity contribution in [1.29, 1.82) is 0 Å². The van der Waals surface area contributed by atoms with Crippen LogP contribution in [0, 0.1) is 0 Å². The summed E-state index contributed by atoms with van der Waals surface area (Å²) < 4.78 is 6.12. The molecule has 0 spiro atoms. The van der Waals surface area contributed by atoms with Gasteiger partial charge in [0.15, 0.2) is 0 Å². The molecule has 2 aromatic rings. The van der Waals surface area contributed by atoms with Gasteiger partial charge in [0.2, 0.25) is 0 Å². The van der Waals surface area contributed by atoms with Gasteiger partial charge in [0.05, 0.1) is 15.1 Å². The van der Waals surface area contributed by atoms with E-state index in [1.807, 2.05) is 0 Å². The van der Waals surface area contributed by atoms with Gasteiger partial charge in [-0.05, 0) is 46.3 Å². The summed E-state index contributed by atoms with van der Waals surface area (Å²) in [7, 11) is 0. The molecule has 0 amide bonds. The molecule has 0 heterocycles. The highest BCUT2D eigenvalue weighted by Crippen LogP contribution is 2.35. The van der Waals surface area contributed by atoms with Gasteiger partial charge in [0.1, 0.15) is 11.5 Å². The molecule has 1 N–H and O–H groups in total. The molecule has 0 atom stereocenters. The lowest BCUT2D eigenvalue weighted by atomic mass is 10.2. The Labute approximate surface area is 127 Å². The summed E-state index contributed by atoms with van der Waals surface area (Å²) in [5, 5.41) is 9.78. The third kappa shape index (κ3) is 3.41. The Morgan fingerprint density at radius 3 is 2.47 bits per heavy atom. The molecule has 0 aromatic heterocycles. The van der Waals surface area contributed by atoms with Crippen LogP contribution in [0.1, 0.15) is 10.4 Å². The molecule has 0 aliphatic rings. The number of carbonyl (C=O) groups is 1. The molecule has 98 valence electrons. The first-order valence-electron chi connectivity index (χ1n) is 5.13. The molecular formula is C13H7BrCl2O3. The fourth-order valence-electron chi connectivity index (χ4n) is 1.39. The lowest BCUT2D eigenvalue weighted by molar-refractivity contribution is 0.0697. The van der Waals surface area contributed by atoms with E-state index in [9.17, 15) is 4.79 Å². The van der Waals surface area contributed by atoms with Crippen molar-refractivity contribution in [1.82, 2.24) is 0 Å². The van der Waals surface area contributed by atoms with Crippen LogP contribution in [0.2, 0.25) is 10.0 Å². The summed E-state index contributed by atoms with van der Waals surface area (Å²) >= 11 is 15.1. The van der Waals surface area contributed by atoms with Crippen LogP contribution in [0.3, 0.4) is 0 Å². The lowest BCUT2D eigenvalue weighted by Crippen LogP contribution is -1.96. The average molecular weight is 362 g/mol. The summed E-state index contributed by atoms with van der Waals surface area (Å²) in [4.78, 5) is 10.8. The Kier molecular flexibility index (Phi) is 4.34. The number of aromatic carboxylic acids is 1. The van der Waals surface area contributed by atoms with E-state index in [2.05, 4.69) is 15.9 Å². The largest absolute Gasteiger partial charge is 0.478 e. The topological polar surface area (TPSA) is 46.5 Å². The van der Waals surface area contributed by atoms with Gasteiger partial charge in [0, 0.05) is 11.1 Å². The lowest BCUT2D eigenvalue weighted by Gasteiger charge is -2.10. The zero-order chi connectivity index (χ0) is 14.0. The molecule has 6 heteroatoms. The number of halogens is 3. The van der Waals surface area contributed by atoms with Crippen molar-refractivity contribution in [3.8, 4) is 11.5 Å². The van der Waals surface area contributed by atoms with Crippen molar-refractivity contribution in [2.45, 2.75) is 0 Å². The second kappa shape index (κ2) is 5.82. The van der Waals surface area contributed by atoms with E-state index in [4.69, 9.17) is 33.0 Å². The highest BCUT2D eigenvalue weighted by Gasteiger charge is 2.10. The smallest absolute Gasteiger partial charge is 0.335 e. The zero-order valence-electron chi connectivity index (χ0n) is 9.36. The Morgan fingerprint density at radius 2 is 1.84 bits per heavy atom. The summed E-state index contributed by atoms with van der Waals surface area (Å²) in [5.41, 5.74) is 0.163. The Hall–Kier alpha value is -1.23. The van der Waals surface area contributed by atoms with E-state index in [0.717, 1.165) is 0 Å². The van der Waals surface area contributed by atoms with Crippen LogP contribution < -0.4 is 4.74 Å². The third-order valence-electron chi connectivity index (χ3n) is 2.29. The fraction of sp³-hybridized carbons (Fsp3) is 0. The van der Waals surface area contributed by atoms with Crippen molar-refractivity contribution in [3.63, 3.8) is 0 Å². The van der Waals surface area contributed by atoms with Crippen molar-refractivity contribution in [2.24, 2.45) is 0 Å². The molecule has 0 saturated heterocycles. The van der Waals surface area contributed by atoms with Crippen LogP contribution >= 0.6 is 39.1 Å². The minimum absolute atomic E-state index is 0.163. The van der Waals surface area contributed by atoms with E-state index in [1.54, 1.807) is 24.3 Å². The number of ether oxygens (including phenoxy) is 1. The number of rotatable bonds is 3. The number of benzene rings is 2. The van der Waals surface area contributed by atoms with Crippen LogP contribution in [0.15, 0.2) is 40.9 Å². The molecule has 2 rings (SSSR count). The molecule has 0 unspecified atom stereocenters. The molecule has 3 nitrogen and oxygen atoms in total. The molecule has 19 heavy (non-hydrogen) atoms. The van der Waals surface area contributed by atoms with Gasteiger partial charge in [-0.1, -0.05) is 23.2 Å². The van der Waals surface area contributed by atoms with Crippen LogP contribution in [0.25, 0.3) is 0 Å². The Bertz CT molecular complexity index is 644. The van der Waals surface area contributed by atoms with E-state index >= 15 is 0 Å². The van der Waals surface area contributed by atoms with Crippen molar-refractivity contribution in [3.05, 3.63) is 56.5 Å². The van der Waals surface area contributed by atoms with E-state index in [-0.39, 0.29) is 5.56 Å². The summed E-state index contributed by atoms with van der Waals surface area (Å²) in [6, 6.07) is 9.31. The molecular weight excluding hydrogens is 355 g/mol. The summed E-state index contributed by atoms with van der Waals surface area (Å²) in [6.07, 6.45) is 0. The molecule has 0 aliphatic heterocycles. The van der Waals surface area contributed by atoms with E-state index in [0.29, 0.717) is 26.0 Å². The maximum absolute atomic E-state index is 10.8. The summed E-state index contributed by atoms with van der Waals surface area (Å²) in [5.74, 6) is -0.153. The van der Waals surface area contributed by atoms with Gasteiger partial charge in [-0.3, -0.25) is 0 Å². The molecule has 0 fully saturated rings. The Balaban J connectivity index is 2.33. The van der Waals surface area contributed by atoms with Gasteiger partial charge in [-0.2, -0.15) is 0 Å². The highest BCUT2D eigenvalue weighted by molar-refractivity contribution is 9.10. The minimum atomic E-state index is -1.01. The van der Waals surface area contributed by atoms with Gasteiger partial charge >= 0.3 is 5.97 Å². The number of hydrogen-bond donors (Lipinski definition) is 1. The quantitative estimate of drug-likeness (QED) is 0.812.